The Kier molecular flexibility index (Phi) is 3.33. The van der Waals surface area contributed by atoms with Crippen LogP contribution in [0.15, 0.2) is 39.0 Å². The number of benzene rings is 1. The maximum atomic E-state index is 12.8. The Labute approximate surface area is 124 Å². The molecule has 1 aromatic heterocycles. The normalized spacial score (nSPS) is 14.9. The molecule has 0 radical (unpaired) electrons. The van der Waals surface area contributed by atoms with E-state index in [4.69, 9.17) is 0 Å². The second-order valence-electron chi connectivity index (χ2n) is 3.96. The summed E-state index contributed by atoms with van der Waals surface area (Å²) in [5.41, 5.74) is 1.33. The molecule has 0 atom stereocenters. The first-order valence-electron chi connectivity index (χ1n) is 5.44. The van der Waals surface area contributed by atoms with Crippen LogP contribution in [0.2, 0.25) is 0 Å². The summed E-state index contributed by atoms with van der Waals surface area (Å²) in [7, 11) is 0. The van der Waals surface area contributed by atoms with Gasteiger partial charge in [-0.15, -0.1) is 10.2 Å². The molecule has 0 unspecified atom stereocenters. The maximum Gasteiger partial charge on any atom is 0.453 e. The van der Waals surface area contributed by atoms with Crippen molar-refractivity contribution in [1.82, 2.24) is 14.9 Å². The van der Waals surface area contributed by atoms with Crippen LogP contribution in [0.1, 0.15) is 11.4 Å². The van der Waals surface area contributed by atoms with Crippen molar-refractivity contribution in [3.63, 3.8) is 0 Å². The molecule has 4 nitrogen and oxygen atoms in total. The lowest BCUT2D eigenvalue weighted by Gasteiger charge is -2.14. The van der Waals surface area contributed by atoms with Gasteiger partial charge in [-0.25, -0.2) is 0 Å². The first-order valence-corrected chi connectivity index (χ1v) is 7.22. The molecule has 0 saturated heterocycles. The zero-order valence-corrected chi connectivity index (χ0v) is 12.1. The fraction of sp³-hybridized carbons (Fsp3) is 0.182. The molecule has 1 aliphatic heterocycles. The molecular weight excluding hydrogens is 357 g/mol. The van der Waals surface area contributed by atoms with Gasteiger partial charge in [0.2, 0.25) is 5.16 Å². The smallest absolute Gasteiger partial charge is 0.182 e. The van der Waals surface area contributed by atoms with Crippen molar-refractivity contribution in [3.05, 3.63) is 40.1 Å². The zero-order valence-electron chi connectivity index (χ0n) is 9.73. The van der Waals surface area contributed by atoms with Crippen LogP contribution in [0.25, 0.3) is 0 Å². The summed E-state index contributed by atoms with van der Waals surface area (Å²) >= 11 is 4.49. The molecule has 0 amide bonds. The monoisotopic (exact) mass is 362 g/mol. The lowest BCUT2D eigenvalue weighted by Crippen LogP contribution is -2.18. The average Bonchev–Trinajstić information content (AvgIpc) is 2.82. The summed E-state index contributed by atoms with van der Waals surface area (Å²) in [6.45, 7) is 0. The third-order valence-electron chi connectivity index (χ3n) is 2.60. The Balaban J connectivity index is 2.05. The Bertz CT molecular complexity index is 678. The lowest BCUT2D eigenvalue weighted by atomic mass is 10.1. The highest BCUT2D eigenvalue weighted by atomic mass is 79.9. The van der Waals surface area contributed by atoms with Crippen LogP contribution in [-0.4, -0.2) is 26.3 Å². The van der Waals surface area contributed by atoms with Gasteiger partial charge in [0.25, 0.3) is 5.82 Å². The number of fused-ring (bicyclic) bond motifs is 1. The molecule has 0 N–H and O–H groups in total. The first-order chi connectivity index (χ1) is 9.45. The SMILES string of the molecule is FC(F)(F)c1nnc2n1N=C(c1ccc(Br)cc1)CS2. The zero-order chi connectivity index (χ0) is 14.3. The molecule has 104 valence electrons. The largest absolute Gasteiger partial charge is 0.453 e. The third kappa shape index (κ3) is 2.47. The van der Waals surface area contributed by atoms with Crippen LogP contribution in [0.4, 0.5) is 13.2 Å². The quantitative estimate of drug-likeness (QED) is 0.780. The highest BCUT2D eigenvalue weighted by Gasteiger charge is 2.39. The van der Waals surface area contributed by atoms with Gasteiger partial charge in [0.1, 0.15) is 0 Å². The van der Waals surface area contributed by atoms with Gasteiger partial charge >= 0.3 is 6.18 Å². The van der Waals surface area contributed by atoms with Gasteiger partial charge in [0.15, 0.2) is 0 Å². The Morgan fingerprint density at radius 2 is 1.85 bits per heavy atom. The molecule has 0 aliphatic carbocycles. The highest BCUT2D eigenvalue weighted by molar-refractivity contribution is 9.10. The standard InChI is InChI=1S/C11H6BrF3N4S/c12-7-3-1-6(2-4-7)8-5-20-10-17-16-9(11(13,14)15)19(10)18-8/h1-4H,5H2. The van der Waals surface area contributed by atoms with E-state index in [0.29, 0.717) is 11.5 Å². The molecule has 2 heterocycles. The van der Waals surface area contributed by atoms with Gasteiger partial charge in [0.05, 0.1) is 5.71 Å². The number of rotatable bonds is 1. The van der Waals surface area contributed by atoms with Crippen molar-refractivity contribution in [1.29, 1.82) is 0 Å². The van der Waals surface area contributed by atoms with Crippen molar-refractivity contribution < 1.29 is 13.2 Å². The number of hydrogen-bond donors (Lipinski definition) is 0. The number of hydrogen-bond acceptors (Lipinski definition) is 4. The topological polar surface area (TPSA) is 43.1 Å². The van der Waals surface area contributed by atoms with Crippen LogP contribution < -0.4 is 0 Å². The first kappa shape index (κ1) is 13.6. The van der Waals surface area contributed by atoms with Crippen molar-refractivity contribution in [2.75, 3.05) is 5.75 Å². The van der Waals surface area contributed by atoms with Crippen LogP contribution in [-0.2, 0) is 6.18 Å². The summed E-state index contributed by atoms with van der Waals surface area (Å²) in [4.78, 5) is 0. The molecule has 20 heavy (non-hydrogen) atoms. The van der Waals surface area contributed by atoms with E-state index >= 15 is 0 Å². The molecule has 1 aromatic carbocycles. The molecule has 1 aliphatic rings. The van der Waals surface area contributed by atoms with Crippen LogP contribution >= 0.6 is 27.7 Å². The van der Waals surface area contributed by atoms with E-state index in [9.17, 15) is 13.2 Å². The number of nitrogens with zero attached hydrogens (tertiary/aromatic N) is 4. The van der Waals surface area contributed by atoms with Crippen LogP contribution in [0.3, 0.4) is 0 Å². The molecule has 0 fully saturated rings. The van der Waals surface area contributed by atoms with Gasteiger partial charge in [0, 0.05) is 10.2 Å². The van der Waals surface area contributed by atoms with E-state index in [0.717, 1.165) is 14.7 Å². The third-order valence-corrected chi connectivity index (χ3v) is 4.06. The van der Waals surface area contributed by atoms with E-state index in [1.807, 2.05) is 12.1 Å². The Hall–Kier alpha value is -1.35. The van der Waals surface area contributed by atoms with Gasteiger partial charge in [-0.1, -0.05) is 39.8 Å². The van der Waals surface area contributed by atoms with Crippen molar-refractivity contribution >= 4 is 33.4 Å². The number of halogens is 4. The average molecular weight is 363 g/mol. The molecule has 0 bridgehead atoms. The molecule has 3 rings (SSSR count). The highest BCUT2D eigenvalue weighted by Crippen LogP contribution is 2.32. The van der Waals surface area contributed by atoms with Crippen molar-refractivity contribution in [2.24, 2.45) is 5.10 Å². The van der Waals surface area contributed by atoms with Crippen LogP contribution in [0, 0.1) is 0 Å². The minimum Gasteiger partial charge on any atom is -0.182 e. The maximum absolute atomic E-state index is 12.8. The predicted molar refractivity (Wildman–Crippen MR) is 71.8 cm³/mol. The fourth-order valence-electron chi connectivity index (χ4n) is 1.69. The van der Waals surface area contributed by atoms with E-state index in [2.05, 4.69) is 31.2 Å². The summed E-state index contributed by atoms with van der Waals surface area (Å²) in [5.74, 6) is -0.647. The number of alkyl halides is 3. The Morgan fingerprint density at radius 3 is 2.50 bits per heavy atom. The molecule has 9 heteroatoms. The molecule has 2 aromatic rings. The summed E-state index contributed by atoms with van der Waals surface area (Å²) in [6, 6.07) is 7.22. The van der Waals surface area contributed by atoms with Gasteiger partial charge < -0.3 is 0 Å². The molecular formula is C11H6BrF3N4S. The molecule has 0 spiro atoms. The van der Waals surface area contributed by atoms with E-state index < -0.39 is 12.0 Å². The molecule has 0 saturated carbocycles. The summed E-state index contributed by atoms with van der Waals surface area (Å²) < 4.78 is 40.0. The van der Waals surface area contributed by atoms with Gasteiger partial charge in [-0.3, -0.25) is 0 Å². The summed E-state index contributed by atoms with van der Waals surface area (Å²) in [5, 5.41) is 10.8. The number of thioether (sulfide) groups is 1. The second-order valence-corrected chi connectivity index (χ2v) is 5.82. The minimum absolute atomic E-state index is 0.151. The van der Waals surface area contributed by atoms with E-state index in [-0.39, 0.29) is 5.16 Å². The fourth-order valence-corrected chi connectivity index (χ4v) is 2.79. The minimum atomic E-state index is -4.57. The number of aromatic nitrogens is 3. The lowest BCUT2D eigenvalue weighted by molar-refractivity contribution is -0.147. The predicted octanol–water partition coefficient (Wildman–Crippen LogP) is 3.42. The summed E-state index contributed by atoms with van der Waals surface area (Å²) in [6.07, 6.45) is -4.57. The van der Waals surface area contributed by atoms with Gasteiger partial charge in [-0.05, 0) is 17.7 Å². The van der Waals surface area contributed by atoms with Crippen molar-refractivity contribution in [2.45, 2.75) is 11.3 Å². The van der Waals surface area contributed by atoms with Gasteiger partial charge in [-0.2, -0.15) is 22.9 Å². The van der Waals surface area contributed by atoms with E-state index in [1.54, 1.807) is 12.1 Å². The second kappa shape index (κ2) is 4.88. The Morgan fingerprint density at radius 1 is 1.15 bits per heavy atom. The van der Waals surface area contributed by atoms with E-state index in [1.165, 1.54) is 11.8 Å². The van der Waals surface area contributed by atoms with Crippen molar-refractivity contribution in [3.8, 4) is 0 Å². The van der Waals surface area contributed by atoms with Crippen LogP contribution in [0.5, 0.6) is 0 Å².